The smallest absolute Gasteiger partial charge is 0.141 e. The number of nitrogens with zero attached hydrogens (tertiary/aromatic N) is 3. The number of allylic oxidation sites excluding steroid dienone is 2. The first kappa shape index (κ1) is 21.9. The minimum atomic E-state index is 0.0606. The van der Waals surface area contributed by atoms with Gasteiger partial charge in [-0.25, -0.2) is 4.98 Å². The number of hydrogen-bond acceptors (Lipinski definition) is 3. The van der Waals surface area contributed by atoms with Gasteiger partial charge in [-0.3, -0.25) is 4.57 Å². The van der Waals surface area contributed by atoms with Crippen LogP contribution in [0.25, 0.3) is 49.7 Å². The molecule has 5 aromatic carbocycles. The van der Waals surface area contributed by atoms with Crippen LogP contribution in [0.5, 0.6) is 11.5 Å². The Labute approximate surface area is 226 Å². The van der Waals surface area contributed by atoms with Gasteiger partial charge >= 0.3 is 0 Å². The van der Waals surface area contributed by atoms with Crippen molar-refractivity contribution in [3.63, 3.8) is 0 Å². The summed E-state index contributed by atoms with van der Waals surface area (Å²) in [6.07, 6.45) is 8.44. The van der Waals surface area contributed by atoms with Crippen molar-refractivity contribution in [2.75, 3.05) is 7.05 Å². The number of fused-ring (bicyclic) bond motifs is 3. The van der Waals surface area contributed by atoms with Crippen LogP contribution in [0.2, 0.25) is 0 Å². The van der Waals surface area contributed by atoms with Crippen LogP contribution in [0.4, 0.5) is 0 Å². The highest BCUT2D eigenvalue weighted by atomic mass is 16.5. The second-order valence-corrected chi connectivity index (χ2v) is 10.1. The minimum absolute atomic E-state index is 0.0606. The zero-order valence-electron chi connectivity index (χ0n) is 21.5. The van der Waals surface area contributed by atoms with E-state index in [9.17, 15) is 0 Å². The van der Waals surface area contributed by atoms with E-state index in [1.807, 2.05) is 18.2 Å². The number of likely N-dealkylation sites (N-methyl/N-ethyl adjacent to an activating group) is 1. The molecule has 2 aliphatic heterocycles. The Hall–Kier alpha value is -5.09. The molecule has 0 amide bonds. The number of imidazole rings is 1. The van der Waals surface area contributed by atoms with E-state index in [0.717, 1.165) is 39.6 Å². The summed E-state index contributed by atoms with van der Waals surface area (Å²) < 4.78 is 8.59. The van der Waals surface area contributed by atoms with Crippen molar-refractivity contribution in [1.29, 1.82) is 0 Å². The summed E-state index contributed by atoms with van der Waals surface area (Å²) >= 11 is 0. The molecule has 4 nitrogen and oxygen atoms in total. The molecular weight excluding hydrogens is 478 g/mol. The zero-order valence-corrected chi connectivity index (χ0v) is 21.5. The molecule has 0 aliphatic carbocycles. The maximum absolute atomic E-state index is 6.30. The van der Waals surface area contributed by atoms with E-state index in [1.54, 1.807) is 0 Å². The predicted octanol–water partition coefficient (Wildman–Crippen LogP) is 8.67. The molecule has 0 radical (unpaired) electrons. The van der Waals surface area contributed by atoms with Crippen LogP contribution in [0, 0.1) is 0 Å². The zero-order chi connectivity index (χ0) is 25.9. The summed E-state index contributed by atoms with van der Waals surface area (Å²) in [5.74, 6) is 2.82. The molecular formula is C35H25N3O. The maximum atomic E-state index is 6.30. The van der Waals surface area contributed by atoms with Gasteiger partial charge in [-0.2, -0.15) is 0 Å². The largest absolute Gasteiger partial charge is 0.456 e. The van der Waals surface area contributed by atoms with E-state index < -0.39 is 0 Å². The predicted molar refractivity (Wildman–Crippen MR) is 158 cm³/mol. The van der Waals surface area contributed by atoms with Crippen molar-refractivity contribution in [1.82, 2.24) is 14.5 Å². The van der Waals surface area contributed by atoms with Gasteiger partial charge in [-0.15, -0.1) is 0 Å². The van der Waals surface area contributed by atoms with E-state index in [0.29, 0.717) is 0 Å². The van der Waals surface area contributed by atoms with Gasteiger partial charge in [-0.1, -0.05) is 78.9 Å². The lowest BCUT2D eigenvalue weighted by atomic mass is 9.90. The van der Waals surface area contributed by atoms with Crippen molar-refractivity contribution in [3.8, 4) is 39.4 Å². The summed E-state index contributed by atoms with van der Waals surface area (Å²) in [5, 5.41) is 2.36. The van der Waals surface area contributed by atoms with Gasteiger partial charge in [0.25, 0.3) is 0 Å². The standard InChI is InChI=1S/C35H25N3O/c1-37-22-7-6-14-31(37)35-36-29-12-3-4-13-30(29)38(35)24-18-16-23(17-19-24)25-20-21-33-34-27(25)10-8-11-28(34)26-9-2-5-15-32(26)39-33/h2-22,31H,1H3. The number of hydrogen-bond donors (Lipinski definition) is 0. The molecule has 0 fully saturated rings. The van der Waals surface area contributed by atoms with Gasteiger partial charge in [0, 0.05) is 23.7 Å². The van der Waals surface area contributed by atoms with Crippen molar-refractivity contribution in [2.24, 2.45) is 0 Å². The minimum Gasteiger partial charge on any atom is -0.456 e. The third kappa shape index (κ3) is 3.35. The second-order valence-electron chi connectivity index (χ2n) is 10.1. The molecule has 0 spiro atoms. The van der Waals surface area contributed by atoms with E-state index in [2.05, 4.69) is 126 Å². The van der Waals surface area contributed by atoms with Crippen molar-refractivity contribution in [2.45, 2.75) is 6.04 Å². The molecule has 6 aromatic rings. The van der Waals surface area contributed by atoms with Gasteiger partial charge in [-0.05, 0) is 70.8 Å². The fourth-order valence-corrected chi connectivity index (χ4v) is 5.99. The van der Waals surface area contributed by atoms with Crippen LogP contribution in [-0.4, -0.2) is 21.5 Å². The lowest BCUT2D eigenvalue weighted by Gasteiger charge is -2.26. The summed E-state index contributed by atoms with van der Waals surface area (Å²) in [5.41, 5.74) is 7.92. The Morgan fingerprint density at radius 1 is 0.692 bits per heavy atom. The highest BCUT2D eigenvalue weighted by Crippen LogP contribution is 2.48. The number of para-hydroxylation sites is 3. The number of rotatable bonds is 3. The summed E-state index contributed by atoms with van der Waals surface area (Å²) in [4.78, 5) is 7.26. The van der Waals surface area contributed by atoms with Crippen LogP contribution >= 0.6 is 0 Å². The third-order valence-corrected chi connectivity index (χ3v) is 7.85. The first-order valence-electron chi connectivity index (χ1n) is 13.2. The molecule has 186 valence electrons. The molecule has 39 heavy (non-hydrogen) atoms. The Morgan fingerprint density at radius 3 is 2.41 bits per heavy atom. The first-order chi connectivity index (χ1) is 19.3. The van der Waals surface area contributed by atoms with Gasteiger partial charge in [0.1, 0.15) is 23.4 Å². The van der Waals surface area contributed by atoms with E-state index >= 15 is 0 Å². The van der Waals surface area contributed by atoms with Crippen LogP contribution in [0.15, 0.2) is 128 Å². The highest BCUT2D eigenvalue weighted by Gasteiger charge is 2.23. The van der Waals surface area contributed by atoms with Gasteiger partial charge in [0.2, 0.25) is 0 Å². The Kier molecular flexibility index (Phi) is 4.76. The average Bonchev–Trinajstić information content (AvgIpc) is 3.37. The lowest BCUT2D eigenvalue weighted by Crippen LogP contribution is -2.22. The fourth-order valence-electron chi connectivity index (χ4n) is 5.99. The molecule has 1 aromatic heterocycles. The van der Waals surface area contributed by atoms with Gasteiger partial charge < -0.3 is 9.64 Å². The first-order valence-corrected chi connectivity index (χ1v) is 13.2. The van der Waals surface area contributed by atoms with Crippen LogP contribution in [0.3, 0.4) is 0 Å². The molecule has 0 bridgehead atoms. The highest BCUT2D eigenvalue weighted by molar-refractivity contribution is 6.09. The van der Waals surface area contributed by atoms with Gasteiger partial charge in [0.15, 0.2) is 0 Å². The molecule has 1 atom stereocenters. The molecule has 0 N–H and O–H groups in total. The fraction of sp³-hybridized carbons (Fsp3) is 0.0571. The molecule has 2 aliphatic rings. The van der Waals surface area contributed by atoms with Crippen LogP contribution in [0.1, 0.15) is 11.9 Å². The summed E-state index contributed by atoms with van der Waals surface area (Å²) in [6, 6.07) is 36.3. The normalized spacial score (nSPS) is 15.5. The topological polar surface area (TPSA) is 30.3 Å². The van der Waals surface area contributed by atoms with E-state index in [4.69, 9.17) is 9.72 Å². The molecule has 4 heteroatoms. The van der Waals surface area contributed by atoms with E-state index in [1.165, 1.54) is 27.5 Å². The monoisotopic (exact) mass is 503 g/mol. The average molecular weight is 504 g/mol. The van der Waals surface area contributed by atoms with Gasteiger partial charge in [0.05, 0.1) is 11.0 Å². The SMILES string of the molecule is CN1C=CC=CC1c1nc2ccccc2n1-c1ccc(-c2ccc3c4c(cccc24)-c2ccccc2O3)cc1. The van der Waals surface area contributed by atoms with Crippen LogP contribution < -0.4 is 4.74 Å². The maximum Gasteiger partial charge on any atom is 0.141 e. The Bertz CT molecular complexity index is 1960. The molecule has 0 saturated carbocycles. The molecule has 3 heterocycles. The second kappa shape index (κ2) is 8.47. The summed E-state index contributed by atoms with van der Waals surface area (Å²) in [6.45, 7) is 0. The van der Waals surface area contributed by atoms with Crippen molar-refractivity contribution < 1.29 is 4.74 Å². The van der Waals surface area contributed by atoms with E-state index in [-0.39, 0.29) is 6.04 Å². The van der Waals surface area contributed by atoms with Crippen LogP contribution in [-0.2, 0) is 0 Å². The Morgan fingerprint density at radius 2 is 1.51 bits per heavy atom. The number of ether oxygens (including phenoxy) is 1. The number of aromatic nitrogens is 2. The third-order valence-electron chi connectivity index (χ3n) is 7.85. The summed E-state index contributed by atoms with van der Waals surface area (Å²) in [7, 11) is 2.09. The molecule has 0 saturated heterocycles. The molecule has 1 unspecified atom stereocenters. The van der Waals surface area contributed by atoms with Crippen molar-refractivity contribution >= 4 is 21.8 Å². The van der Waals surface area contributed by atoms with Crippen molar-refractivity contribution in [3.05, 3.63) is 133 Å². The Balaban J connectivity index is 1.26. The molecule has 8 rings (SSSR count). The quantitative estimate of drug-likeness (QED) is 0.242. The lowest BCUT2D eigenvalue weighted by molar-refractivity contribution is 0.373. The number of benzene rings is 5.